The number of rotatable bonds is 20. The van der Waals surface area contributed by atoms with E-state index in [1.54, 1.807) is 24.3 Å². The summed E-state index contributed by atoms with van der Waals surface area (Å²) in [6.45, 7) is 5.75. The second kappa shape index (κ2) is 20.5. The monoisotopic (exact) mass is 716 g/mol. The van der Waals surface area contributed by atoms with Gasteiger partial charge in [-0.1, -0.05) is 76.1 Å². The molecular formula is C39H52N6O7. The van der Waals surface area contributed by atoms with Crippen LogP contribution in [0.15, 0.2) is 79.1 Å². The van der Waals surface area contributed by atoms with Crippen molar-refractivity contribution >= 4 is 29.6 Å². The highest BCUT2D eigenvalue weighted by molar-refractivity contribution is 5.95. The van der Waals surface area contributed by atoms with E-state index in [0.29, 0.717) is 12.0 Å². The second-order valence-electron chi connectivity index (χ2n) is 13.5. The van der Waals surface area contributed by atoms with Crippen LogP contribution < -0.4 is 21.7 Å². The van der Waals surface area contributed by atoms with Crippen LogP contribution in [0.4, 0.5) is 0 Å². The molecule has 0 aliphatic heterocycles. The van der Waals surface area contributed by atoms with Gasteiger partial charge in [0.05, 0.1) is 6.04 Å². The van der Waals surface area contributed by atoms with Crippen LogP contribution in [0.2, 0.25) is 0 Å². The number of amides is 4. The lowest BCUT2D eigenvalue weighted by atomic mass is 9.98. The van der Waals surface area contributed by atoms with Gasteiger partial charge in [0.25, 0.3) is 0 Å². The van der Waals surface area contributed by atoms with Gasteiger partial charge in [-0.3, -0.25) is 24.2 Å². The molecule has 3 aromatic rings. The quantitative estimate of drug-likeness (QED) is 0.102. The smallest absolute Gasteiger partial charge is 0.326 e. The number of phenolic OH excluding ortho intramolecular Hbond substituents is 1. The molecule has 4 amide bonds. The molecule has 0 spiro atoms. The number of nitrogens with one attached hydrogen (secondary N) is 3. The topological polar surface area (TPSA) is 204 Å². The largest absolute Gasteiger partial charge is 0.508 e. The standard InChI is InChI=1S/C39H52N6O7/c1-5-6-12-31(36(48)44-33(39(51)52)24-28-17-19-41-20-18-28)42-37(49)34(21-25(2)3)45(4)38(50)32(23-26-10-8-7-9-11-26)43-35(47)30(40)22-27-13-15-29(46)16-14-27/h7-11,13-20,25,30-34,46H,5-6,12,21-24,40H2,1-4H3,(H,42,49)(H,43,47)(H,44,48)(H,51,52)/t30-,31-,32-,33-,34-/m0/s1. The SMILES string of the molecule is CCCC[C@H](NC(=O)[C@H](CC(C)C)N(C)C(=O)[C@H](Cc1ccccc1)NC(=O)[C@@H](N)Cc1ccc(O)cc1)C(=O)N[C@@H](Cc1ccncc1)C(=O)O. The van der Waals surface area contributed by atoms with Gasteiger partial charge in [0.2, 0.25) is 23.6 Å². The number of carbonyl (C=O) groups excluding carboxylic acids is 4. The Bertz CT molecular complexity index is 1600. The molecule has 13 heteroatoms. The minimum Gasteiger partial charge on any atom is -0.508 e. The number of phenols is 1. The number of nitrogens with zero attached hydrogens (tertiary/aromatic N) is 2. The number of carboxylic acids is 1. The van der Waals surface area contributed by atoms with Gasteiger partial charge in [0.1, 0.15) is 29.9 Å². The van der Waals surface area contributed by atoms with Crippen molar-refractivity contribution in [1.82, 2.24) is 25.8 Å². The van der Waals surface area contributed by atoms with E-state index in [1.807, 2.05) is 51.1 Å². The van der Waals surface area contributed by atoms with Crippen LogP contribution in [0.5, 0.6) is 5.75 Å². The van der Waals surface area contributed by atoms with Gasteiger partial charge in [0.15, 0.2) is 0 Å². The molecule has 2 aromatic carbocycles. The van der Waals surface area contributed by atoms with Crippen LogP contribution in [0.25, 0.3) is 0 Å². The minimum atomic E-state index is -1.24. The summed E-state index contributed by atoms with van der Waals surface area (Å²) in [5, 5.41) is 27.7. The van der Waals surface area contributed by atoms with Crippen molar-refractivity contribution in [2.24, 2.45) is 11.7 Å². The maximum Gasteiger partial charge on any atom is 0.326 e. The van der Waals surface area contributed by atoms with E-state index in [-0.39, 0.29) is 43.8 Å². The lowest BCUT2D eigenvalue weighted by Crippen LogP contribution is -2.59. The van der Waals surface area contributed by atoms with Crippen molar-refractivity contribution in [3.05, 3.63) is 95.8 Å². The third kappa shape index (κ3) is 13.1. The maximum atomic E-state index is 14.2. The third-order valence-corrected chi connectivity index (χ3v) is 8.72. The molecule has 0 aliphatic carbocycles. The molecule has 5 atom stereocenters. The fourth-order valence-electron chi connectivity index (χ4n) is 5.77. The number of aromatic nitrogens is 1. The number of carboxylic acid groups (broad SMARTS) is 1. The molecule has 0 bridgehead atoms. The number of aromatic hydroxyl groups is 1. The number of nitrogens with two attached hydrogens (primary N) is 1. The molecule has 3 rings (SSSR count). The Kier molecular flexibility index (Phi) is 16.2. The summed E-state index contributed by atoms with van der Waals surface area (Å²) in [6, 6.07) is 13.4. The molecule has 52 heavy (non-hydrogen) atoms. The predicted octanol–water partition coefficient (Wildman–Crippen LogP) is 2.74. The van der Waals surface area contributed by atoms with E-state index >= 15 is 0 Å². The molecule has 0 radical (unpaired) electrons. The van der Waals surface area contributed by atoms with E-state index in [0.717, 1.165) is 17.5 Å². The molecular weight excluding hydrogens is 664 g/mol. The third-order valence-electron chi connectivity index (χ3n) is 8.72. The summed E-state index contributed by atoms with van der Waals surface area (Å²) in [7, 11) is 1.49. The highest BCUT2D eigenvalue weighted by Gasteiger charge is 2.35. The van der Waals surface area contributed by atoms with Crippen LogP contribution >= 0.6 is 0 Å². The maximum absolute atomic E-state index is 14.2. The van der Waals surface area contributed by atoms with Crippen molar-refractivity contribution in [1.29, 1.82) is 0 Å². The Morgan fingerprint density at radius 2 is 1.31 bits per heavy atom. The van der Waals surface area contributed by atoms with Crippen molar-refractivity contribution in [3.63, 3.8) is 0 Å². The Balaban J connectivity index is 1.82. The van der Waals surface area contributed by atoms with E-state index in [9.17, 15) is 34.2 Å². The van der Waals surface area contributed by atoms with E-state index in [2.05, 4.69) is 20.9 Å². The number of benzene rings is 2. The van der Waals surface area contributed by atoms with Crippen LogP contribution in [-0.2, 0) is 43.2 Å². The average Bonchev–Trinajstić information content (AvgIpc) is 3.12. The summed E-state index contributed by atoms with van der Waals surface area (Å²) in [6.07, 6.45) is 5.21. The van der Waals surface area contributed by atoms with Crippen molar-refractivity contribution in [2.45, 2.75) is 95.9 Å². The van der Waals surface area contributed by atoms with Crippen LogP contribution in [-0.4, -0.2) is 87.0 Å². The van der Waals surface area contributed by atoms with Crippen molar-refractivity contribution in [3.8, 4) is 5.75 Å². The summed E-state index contributed by atoms with van der Waals surface area (Å²) >= 11 is 0. The molecule has 0 saturated carbocycles. The van der Waals surface area contributed by atoms with Crippen LogP contribution in [0, 0.1) is 5.92 Å². The van der Waals surface area contributed by atoms with E-state index in [1.165, 1.54) is 36.5 Å². The predicted molar refractivity (Wildman–Crippen MR) is 197 cm³/mol. The number of unbranched alkanes of at least 4 members (excludes halogenated alkanes) is 1. The van der Waals surface area contributed by atoms with Gasteiger partial charge >= 0.3 is 5.97 Å². The average molecular weight is 717 g/mol. The highest BCUT2D eigenvalue weighted by Crippen LogP contribution is 2.16. The highest BCUT2D eigenvalue weighted by atomic mass is 16.4. The summed E-state index contributed by atoms with van der Waals surface area (Å²) in [5.41, 5.74) is 8.44. The van der Waals surface area contributed by atoms with Gasteiger partial charge in [-0.25, -0.2) is 4.79 Å². The molecule has 13 nitrogen and oxygen atoms in total. The molecule has 0 unspecified atom stereocenters. The van der Waals surface area contributed by atoms with Crippen molar-refractivity contribution in [2.75, 3.05) is 7.05 Å². The number of carbonyl (C=O) groups is 5. The zero-order chi connectivity index (χ0) is 38.2. The second-order valence-corrected chi connectivity index (χ2v) is 13.5. The molecule has 0 aliphatic rings. The first kappa shape index (κ1) is 41.1. The lowest BCUT2D eigenvalue weighted by molar-refractivity contribution is -0.144. The van der Waals surface area contributed by atoms with Crippen LogP contribution in [0.3, 0.4) is 0 Å². The summed E-state index contributed by atoms with van der Waals surface area (Å²) in [4.78, 5) is 72.5. The first-order valence-electron chi connectivity index (χ1n) is 17.7. The van der Waals surface area contributed by atoms with Gasteiger partial charge in [-0.2, -0.15) is 0 Å². The fraction of sp³-hybridized carbons (Fsp3) is 0.436. The number of likely N-dealkylation sites (N-methyl/N-ethyl adjacent to an activating group) is 1. The molecule has 0 saturated heterocycles. The number of hydrogen-bond acceptors (Lipinski definition) is 8. The lowest BCUT2D eigenvalue weighted by Gasteiger charge is -2.33. The van der Waals surface area contributed by atoms with Gasteiger partial charge in [0, 0.05) is 32.3 Å². The fourth-order valence-corrected chi connectivity index (χ4v) is 5.77. The summed E-state index contributed by atoms with van der Waals surface area (Å²) in [5.74, 6) is -3.46. The van der Waals surface area contributed by atoms with Gasteiger partial charge in [-0.05, 0) is 66.1 Å². The zero-order valence-electron chi connectivity index (χ0n) is 30.3. The summed E-state index contributed by atoms with van der Waals surface area (Å²) < 4.78 is 0. The Hall–Kier alpha value is -5.30. The molecule has 0 fully saturated rings. The molecule has 1 aromatic heterocycles. The Labute approximate surface area is 305 Å². The minimum absolute atomic E-state index is 0.0262. The molecule has 1 heterocycles. The van der Waals surface area contributed by atoms with Gasteiger partial charge < -0.3 is 36.8 Å². The Morgan fingerprint density at radius 3 is 1.90 bits per heavy atom. The normalized spacial score (nSPS) is 14.0. The van der Waals surface area contributed by atoms with E-state index in [4.69, 9.17) is 5.73 Å². The number of pyridine rings is 1. The zero-order valence-corrected chi connectivity index (χ0v) is 30.3. The Morgan fingerprint density at radius 1 is 0.750 bits per heavy atom. The number of aliphatic carboxylic acids is 1. The first-order chi connectivity index (χ1) is 24.8. The molecule has 280 valence electrons. The number of hydrogen-bond donors (Lipinski definition) is 6. The molecule has 7 N–H and O–H groups in total. The first-order valence-corrected chi connectivity index (χ1v) is 17.7. The van der Waals surface area contributed by atoms with E-state index < -0.39 is 59.8 Å². The van der Waals surface area contributed by atoms with Crippen molar-refractivity contribution < 1.29 is 34.2 Å². The van der Waals surface area contributed by atoms with Gasteiger partial charge in [-0.15, -0.1) is 0 Å². The van der Waals surface area contributed by atoms with Crippen LogP contribution in [0.1, 0.15) is 63.1 Å².